The highest BCUT2D eigenvalue weighted by Gasteiger charge is 2.15. The molecule has 0 aromatic heterocycles. The Balaban J connectivity index is 1.72. The topological polar surface area (TPSA) is 54.4 Å². The van der Waals surface area contributed by atoms with Crippen LogP contribution in [0.25, 0.3) is 0 Å². The fourth-order valence-electron chi connectivity index (χ4n) is 2.73. The Kier molecular flexibility index (Phi) is 5.49. The van der Waals surface area contributed by atoms with Gasteiger partial charge < -0.3 is 5.11 Å². The number of hydrogen-bond acceptors (Lipinski definition) is 3. The summed E-state index contributed by atoms with van der Waals surface area (Å²) >= 11 is 6.25. The minimum absolute atomic E-state index is 0.0612. The van der Waals surface area contributed by atoms with Crippen molar-refractivity contribution in [3.8, 4) is 5.75 Å². The van der Waals surface area contributed by atoms with Gasteiger partial charge in [0.05, 0.1) is 5.02 Å². The predicted octanol–water partition coefficient (Wildman–Crippen LogP) is 5.09. The molecule has 130 valence electrons. The van der Waals surface area contributed by atoms with Crippen LogP contribution in [0.1, 0.15) is 38.3 Å². The number of phenolic OH excluding ortho intramolecular Hbond substituents is 1. The number of carbonyl (C=O) groups is 2. The van der Waals surface area contributed by atoms with Crippen LogP contribution in [0.3, 0.4) is 0 Å². The van der Waals surface area contributed by atoms with Gasteiger partial charge in [0, 0.05) is 23.1 Å². The van der Waals surface area contributed by atoms with Crippen LogP contribution >= 0.6 is 11.6 Å². The number of phenols is 1. The zero-order valence-corrected chi connectivity index (χ0v) is 14.7. The van der Waals surface area contributed by atoms with E-state index in [2.05, 4.69) is 0 Å². The van der Waals surface area contributed by atoms with E-state index in [1.165, 1.54) is 0 Å². The summed E-state index contributed by atoms with van der Waals surface area (Å²) in [7, 11) is 0. The van der Waals surface area contributed by atoms with Crippen molar-refractivity contribution < 1.29 is 14.7 Å². The summed E-state index contributed by atoms with van der Waals surface area (Å²) in [5.41, 5.74) is 2.29. The second kappa shape index (κ2) is 7.98. The first-order valence-electron chi connectivity index (χ1n) is 8.25. The van der Waals surface area contributed by atoms with E-state index in [0.29, 0.717) is 29.5 Å². The number of Topliss-reactive ketones (excluding diaryl/α,β-unsaturated/α-hetero) is 1. The standard InChI is InChI=1S/C22H17ClO3/c23-20-14-17(21(25)12-9-15-5-4-8-18(24)13-15)10-11-19(20)22(26)16-6-2-1-3-7-16/h1-8,10-11,13-14,24H,9,12H2. The molecule has 0 atom stereocenters. The van der Waals surface area contributed by atoms with Crippen molar-refractivity contribution in [3.63, 3.8) is 0 Å². The van der Waals surface area contributed by atoms with E-state index in [4.69, 9.17) is 11.6 Å². The molecule has 0 aliphatic carbocycles. The molecule has 1 N–H and O–H groups in total. The Bertz CT molecular complexity index is 949. The third-order valence-electron chi connectivity index (χ3n) is 4.12. The van der Waals surface area contributed by atoms with Gasteiger partial charge in [0.25, 0.3) is 0 Å². The third-order valence-corrected chi connectivity index (χ3v) is 4.44. The minimum atomic E-state index is -0.172. The number of halogens is 1. The first kappa shape index (κ1) is 17.9. The maximum Gasteiger partial charge on any atom is 0.194 e. The highest BCUT2D eigenvalue weighted by atomic mass is 35.5. The van der Waals surface area contributed by atoms with E-state index >= 15 is 0 Å². The SMILES string of the molecule is O=C(CCc1cccc(O)c1)c1ccc(C(=O)c2ccccc2)c(Cl)c1. The van der Waals surface area contributed by atoms with Crippen molar-refractivity contribution >= 4 is 23.2 Å². The lowest BCUT2D eigenvalue weighted by atomic mass is 9.98. The Morgan fingerprint density at radius 3 is 2.31 bits per heavy atom. The van der Waals surface area contributed by atoms with Gasteiger partial charge in [0.15, 0.2) is 11.6 Å². The molecular formula is C22H17ClO3. The number of aryl methyl sites for hydroxylation is 1. The summed E-state index contributed by atoms with van der Waals surface area (Å²) < 4.78 is 0. The van der Waals surface area contributed by atoms with Gasteiger partial charge in [-0.2, -0.15) is 0 Å². The van der Waals surface area contributed by atoms with Crippen molar-refractivity contribution in [2.75, 3.05) is 0 Å². The number of ketones is 2. The van der Waals surface area contributed by atoms with Gasteiger partial charge in [-0.3, -0.25) is 9.59 Å². The minimum Gasteiger partial charge on any atom is -0.508 e. The number of hydrogen-bond donors (Lipinski definition) is 1. The molecule has 0 aliphatic heterocycles. The second-order valence-electron chi connectivity index (χ2n) is 5.98. The van der Waals surface area contributed by atoms with Gasteiger partial charge >= 0.3 is 0 Å². The summed E-state index contributed by atoms with van der Waals surface area (Å²) in [5, 5.41) is 9.74. The van der Waals surface area contributed by atoms with Crippen LogP contribution in [0.2, 0.25) is 5.02 Å². The number of rotatable bonds is 6. The van der Waals surface area contributed by atoms with Gasteiger partial charge in [0.1, 0.15) is 5.75 Å². The zero-order chi connectivity index (χ0) is 18.5. The van der Waals surface area contributed by atoms with Crippen LogP contribution in [-0.2, 0) is 6.42 Å². The van der Waals surface area contributed by atoms with Crippen LogP contribution < -0.4 is 0 Å². The van der Waals surface area contributed by atoms with Crippen LogP contribution in [0.15, 0.2) is 72.8 Å². The Labute approximate surface area is 156 Å². The number of carbonyl (C=O) groups excluding carboxylic acids is 2. The molecular weight excluding hydrogens is 348 g/mol. The molecule has 3 rings (SSSR count). The quantitative estimate of drug-likeness (QED) is 0.619. The maximum absolute atomic E-state index is 12.5. The predicted molar refractivity (Wildman–Crippen MR) is 102 cm³/mol. The maximum atomic E-state index is 12.5. The molecule has 4 heteroatoms. The van der Waals surface area contributed by atoms with Crippen LogP contribution in [-0.4, -0.2) is 16.7 Å². The number of benzene rings is 3. The molecule has 0 amide bonds. The summed E-state index contributed by atoms with van der Waals surface area (Å²) in [5.74, 6) is -0.0508. The number of aromatic hydroxyl groups is 1. The molecule has 0 heterocycles. The normalized spacial score (nSPS) is 10.5. The molecule has 0 fully saturated rings. The fourth-order valence-corrected chi connectivity index (χ4v) is 3.00. The summed E-state index contributed by atoms with van der Waals surface area (Å²) in [6, 6.07) is 20.5. The van der Waals surface area contributed by atoms with E-state index in [9.17, 15) is 14.7 Å². The van der Waals surface area contributed by atoms with E-state index in [1.54, 1.807) is 60.7 Å². The lowest BCUT2D eigenvalue weighted by Gasteiger charge is -2.07. The van der Waals surface area contributed by atoms with Crippen molar-refractivity contribution in [3.05, 3.63) is 100 Å². The average Bonchev–Trinajstić information content (AvgIpc) is 2.66. The first-order valence-corrected chi connectivity index (χ1v) is 8.63. The molecule has 0 radical (unpaired) electrons. The van der Waals surface area contributed by atoms with Crippen molar-refractivity contribution in [2.45, 2.75) is 12.8 Å². The molecule has 0 bridgehead atoms. The zero-order valence-electron chi connectivity index (χ0n) is 14.0. The summed E-state index contributed by atoms with van der Waals surface area (Å²) in [6.07, 6.45) is 0.821. The van der Waals surface area contributed by atoms with Crippen molar-refractivity contribution in [1.29, 1.82) is 0 Å². The summed E-state index contributed by atoms with van der Waals surface area (Å²) in [6.45, 7) is 0. The first-order chi connectivity index (χ1) is 12.5. The molecule has 3 aromatic carbocycles. The lowest BCUT2D eigenvalue weighted by molar-refractivity contribution is 0.0980. The van der Waals surface area contributed by atoms with E-state index < -0.39 is 0 Å². The molecule has 0 saturated heterocycles. The monoisotopic (exact) mass is 364 g/mol. The largest absolute Gasteiger partial charge is 0.508 e. The van der Waals surface area contributed by atoms with Gasteiger partial charge in [-0.15, -0.1) is 0 Å². The van der Waals surface area contributed by atoms with Crippen LogP contribution in [0.5, 0.6) is 5.75 Å². The Hall–Kier alpha value is -2.91. The molecule has 0 saturated carbocycles. The van der Waals surface area contributed by atoms with E-state index in [0.717, 1.165) is 5.56 Å². The molecule has 3 nitrogen and oxygen atoms in total. The van der Waals surface area contributed by atoms with Gasteiger partial charge in [-0.25, -0.2) is 0 Å². The van der Waals surface area contributed by atoms with Crippen LogP contribution in [0, 0.1) is 0 Å². The van der Waals surface area contributed by atoms with E-state index in [-0.39, 0.29) is 22.3 Å². The van der Waals surface area contributed by atoms with Gasteiger partial charge in [-0.05, 0) is 36.2 Å². The molecule has 0 spiro atoms. The van der Waals surface area contributed by atoms with Crippen LogP contribution in [0.4, 0.5) is 0 Å². The Morgan fingerprint density at radius 2 is 1.62 bits per heavy atom. The lowest BCUT2D eigenvalue weighted by Crippen LogP contribution is -2.05. The Morgan fingerprint density at radius 1 is 0.846 bits per heavy atom. The molecule has 0 aliphatic rings. The van der Waals surface area contributed by atoms with E-state index in [1.807, 2.05) is 12.1 Å². The highest BCUT2D eigenvalue weighted by molar-refractivity contribution is 6.35. The molecule has 3 aromatic rings. The molecule has 0 unspecified atom stereocenters. The summed E-state index contributed by atoms with van der Waals surface area (Å²) in [4.78, 5) is 24.9. The highest BCUT2D eigenvalue weighted by Crippen LogP contribution is 2.22. The second-order valence-corrected chi connectivity index (χ2v) is 6.39. The van der Waals surface area contributed by atoms with Crippen molar-refractivity contribution in [1.82, 2.24) is 0 Å². The van der Waals surface area contributed by atoms with Gasteiger partial charge in [-0.1, -0.05) is 60.1 Å². The van der Waals surface area contributed by atoms with Gasteiger partial charge in [0.2, 0.25) is 0 Å². The molecule has 26 heavy (non-hydrogen) atoms. The average molecular weight is 365 g/mol. The fraction of sp³-hybridized carbons (Fsp3) is 0.0909. The third kappa shape index (κ3) is 4.19. The van der Waals surface area contributed by atoms with Crippen molar-refractivity contribution in [2.24, 2.45) is 0 Å². The smallest absolute Gasteiger partial charge is 0.194 e.